The van der Waals surface area contributed by atoms with Crippen LogP contribution in [0.15, 0.2) is 18.2 Å². The normalized spacial score (nSPS) is 11.3. The quantitative estimate of drug-likeness (QED) is 0.839. The molecule has 106 valence electrons. The molecule has 1 aromatic rings. The number of benzene rings is 1. The van der Waals surface area contributed by atoms with Crippen LogP contribution >= 0.6 is 23.2 Å². The van der Waals surface area contributed by atoms with Crippen LogP contribution in [0.25, 0.3) is 0 Å². The number of nitrogens with zero attached hydrogens (tertiary/aromatic N) is 1. The fraction of sp³-hybridized carbons (Fsp3) is 0.364. The van der Waals surface area contributed by atoms with Crippen molar-refractivity contribution in [3.05, 3.63) is 33.8 Å². The van der Waals surface area contributed by atoms with Gasteiger partial charge in [-0.3, -0.25) is 0 Å². The number of hydrogen-bond acceptors (Lipinski definition) is 2. The topological polar surface area (TPSA) is 29.5 Å². The highest BCUT2D eigenvalue weighted by Gasteiger charge is 2.30. The molecule has 0 bridgehead atoms. The van der Waals surface area contributed by atoms with Crippen molar-refractivity contribution < 1.29 is 22.7 Å². The smallest absolute Gasteiger partial charge is 0.422 e. The summed E-state index contributed by atoms with van der Waals surface area (Å²) in [6, 6.07) is 4.62. The van der Waals surface area contributed by atoms with Crippen molar-refractivity contribution in [2.45, 2.75) is 12.7 Å². The van der Waals surface area contributed by atoms with Gasteiger partial charge in [0.1, 0.15) is 0 Å². The number of carbonyl (C=O) groups is 1. The fourth-order valence-electron chi connectivity index (χ4n) is 1.29. The second kappa shape index (κ2) is 6.34. The maximum atomic E-state index is 11.9. The van der Waals surface area contributed by atoms with Gasteiger partial charge in [0, 0.05) is 23.6 Å². The first kappa shape index (κ1) is 15.9. The zero-order valence-electron chi connectivity index (χ0n) is 9.80. The van der Waals surface area contributed by atoms with Gasteiger partial charge in [0.25, 0.3) is 0 Å². The Balaban J connectivity index is 2.58. The van der Waals surface area contributed by atoms with Crippen LogP contribution in [0.5, 0.6) is 0 Å². The van der Waals surface area contributed by atoms with Gasteiger partial charge < -0.3 is 9.64 Å². The van der Waals surface area contributed by atoms with E-state index in [2.05, 4.69) is 4.74 Å². The lowest BCUT2D eigenvalue weighted by atomic mass is 10.2. The standard InChI is InChI=1S/C11H10Cl2F3NO2/c1-17(10(18)19-6-11(14,15)16)5-7-2-8(12)4-9(13)3-7/h2-4H,5-6H2,1H3. The summed E-state index contributed by atoms with van der Waals surface area (Å²) < 4.78 is 39.7. The maximum absolute atomic E-state index is 11.9. The Morgan fingerprint density at radius 3 is 2.26 bits per heavy atom. The molecule has 1 amide bonds. The number of carbonyl (C=O) groups excluding carboxylic acids is 1. The third-order valence-corrected chi connectivity index (χ3v) is 2.45. The third kappa shape index (κ3) is 6.02. The van der Waals surface area contributed by atoms with Crippen LogP contribution in [0.1, 0.15) is 5.56 Å². The van der Waals surface area contributed by atoms with E-state index in [1.165, 1.54) is 13.1 Å². The van der Waals surface area contributed by atoms with Gasteiger partial charge in [-0.05, 0) is 23.8 Å². The van der Waals surface area contributed by atoms with Crippen LogP contribution in [0, 0.1) is 0 Å². The molecular weight excluding hydrogens is 306 g/mol. The molecule has 3 nitrogen and oxygen atoms in total. The van der Waals surface area contributed by atoms with E-state index in [1.807, 2.05) is 0 Å². The predicted molar refractivity (Wildman–Crippen MR) is 65.3 cm³/mol. The summed E-state index contributed by atoms with van der Waals surface area (Å²) in [5.74, 6) is 0. The lowest BCUT2D eigenvalue weighted by Gasteiger charge is -2.18. The zero-order valence-corrected chi connectivity index (χ0v) is 11.3. The molecule has 0 spiro atoms. The second-order valence-electron chi connectivity index (χ2n) is 3.80. The van der Waals surface area contributed by atoms with Gasteiger partial charge in [-0.25, -0.2) is 4.79 Å². The summed E-state index contributed by atoms with van der Waals surface area (Å²) in [4.78, 5) is 12.3. The van der Waals surface area contributed by atoms with Crippen molar-refractivity contribution in [3.63, 3.8) is 0 Å². The summed E-state index contributed by atoms with van der Waals surface area (Å²) in [6.07, 6.45) is -5.62. The Kier molecular flexibility index (Phi) is 5.31. The van der Waals surface area contributed by atoms with Crippen molar-refractivity contribution in [2.75, 3.05) is 13.7 Å². The highest BCUT2D eigenvalue weighted by Crippen LogP contribution is 2.20. The molecule has 0 heterocycles. The van der Waals surface area contributed by atoms with Crippen molar-refractivity contribution in [1.29, 1.82) is 0 Å². The van der Waals surface area contributed by atoms with Crippen molar-refractivity contribution >= 4 is 29.3 Å². The van der Waals surface area contributed by atoms with Gasteiger partial charge in [0.05, 0.1) is 0 Å². The largest absolute Gasteiger partial charge is 0.440 e. The molecule has 0 N–H and O–H groups in total. The van der Waals surface area contributed by atoms with Gasteiger partial charge in [0.15, 0.2) is 6.61 Å². The molecule has 0 aliphatic carbocycles. The van der Waals surface area contributed by atoms with Crippen LogP contribution in [0.4, 0.5) is 18.0 Å². The minimum Gasteiger partial charge on any atom is -0.440 e. The Labute approximate surface area is 117 Å². The zero-order chi connectivity index (χ0) is 14.6. The number of ether oxygens (including phenoxy) is 1. The highest BCUT2D eigenvalue weighted by atomic mass is 35.5. The third-order valence-electron chi connectivity index (χ3n) is 2.01. The van der Waals surface area contributed by atoms with Crippen LogP contribution in [-0.4, -0.2) is 30.8 Å². The van der Waals surface area contributed by atoms with Crippen LogP contribution in [-0.2, 0) is 11.3 Å². The van der Waals surface area contributed by atoms with Crippen molar-refractivity contribution in [2.24, 2.45) is 0 Å². The minimum atomic E-state index is -4.55. The average Bonchev–Trinajstić information content (AvgIpc) is 2.23. The molecule has 0 aliphatic rings. The molecule has 0 fully saturated rings. The van der Waals surface area contributed by atoms with E-state index in [0.29, 0.717) is 15.6 Å². The van der Waals surface area contributed by atoms with Gasteiger partial charge in [-0.1, -0.05) is 23.2 Å². The van der Waals surface area contributed by atoms with Gasteiger partial charge in [0.2, 0.25) is 0 Å². The second-order valence-corrected chi connectivity index (χ2v) is 4.68. The molecule has 0 radical (unpaired) electrons. The van der Waals surface area contributed by atoms with Crippen molar-refractivity contribution in [1.82, 2.24) is 4.90 Å². The Bertz CT molecular complexity index is 445. The molecule has 1 aromatic carbocycles. The monoisotopic (exact) mass is 315 g/mol. The average molecular weight is 316 g/mol. The summed E-state index contributed by atoms with van der Waals surface area (Å²) in [7, 11) is 1.31. The van der Waals surface area contributed by atoms with E-state index in [4.69, 9.17) is 23.2 Å². The number of halogens is 5. The number of hydrogen-bond donors (Lipinski definition) is 0. The van der Waals surface area contributed by atoms with E-state index in [1.54, 1.807) is 12.1 Å². The molecule has 0 atom stereocenters. The highest BCUT2D eigenvalue weighted by molar-refractivity contribution is 6.34. The molecule has 0 aliphatic heterocycles. The summed E-state index contributed by atoms with van der Waals surface area (Å²) in [5.41, 5.74) is 0.587. The first-order valence-corrected chi connectivity index (χ1v) is 5.82. The number of amides is 1. The maximum Gasteiger partial charge on any atom is 0.422 e. The fourth-order valence-corrected chi connectivity index (χ4v) is 1.87. The van der Waals surface area contributed by atoms with Crippen LogP contribution in [0.3, 0.4) is 0 Å². The number of alkyl halides is 3. The molecule has 8 heteroatoms. The van der Waals surface area contributed by atoms with Gasteiger partial charge in [-0.15, -0.1) is 0 Å². The molecule has 1 rings (SSSR count). The molecule has 0 saturated carbocycles. The first-order chi connectivity index (χ1) is 8.67. The lowest BCUT2D eigenvalue weighted by Crippen LogP contribution is -2.30. The minimum absolute atomic E-state index is 0.0387. The van der Waals surface area contributed by atoms with Gasteiger partial charge >= 0.3 is 12.3 Å². The lowest BCUT2D eigenvalue weighted by molar-refractivity contribution is -0.162. The van der Waals surface area contributed by atoms with Crippen LogP contribution < -0.4 is 0 Å². The predicted octanol–water partition coefficient (Wildman–Crippen LogP) is 4.12. The Morgan fingerprint density at radius 2 is 1.79 bits per heavy atom. The Morgan fingerprint density at radius 1 is 1.26 bits per heavy atom. The van der Waals surface area contributed by atoms with E-state index in [0.717, 1.165) is 4.90 Å². The SMILES string of the molecule is CN(Cc1cc(Cl)cc(Cl)c1)C(=O)OCC(F)(F)F. The Hall–Kier alpha value is -1.14. The molecule has 19 heavy (non-hydrogen) atoms. The summed E-state index contributed by atoms with van der Waals surface area (Å²) >= 11 is 11.5. The molecule has 0 saturated heterocycles. The summed E-state index contributed by atoms with van der Waals surface area (Å²) in [6.45, 7) is -1.58. The van der Waals surface area contributed by atoms with E-state index >= 15 is 0 Å². The molecule has 0 unspecified atom stereocenters. The molecular formula is C11H10Cl2F3NO2. The van der Waals surface area contributed by atoms with Crippen LogP contribution in [0.2, 0.25) is 10.0 Å². The molecule has 0 aromatic heterocycles. The first-order valence-electron chi connectivity index (χ1n) is 5.07. The van der Waals surface area contributed by atoms with E-state index < -0.39 is 18.9 Å². The number of rotatable bonds is 3. The van der Waals surface area contributed by atoms with E-state index in [9.17, 15) is 18.0 Å². The van der Waals surface area contributed by atoms with E-state index in [-0.39, 0.29) is 6.54 Å². The summed E-state index contributed by atoms with van der Waals surface area (Å²) in [5, 5.41) is 0.749. The van der Waals surface area contributed by atoms with Crippen molar-refractivity contribution in [3.8, 4) is 0 Å². The van der Waals surface area contributed by atoms with Gasteiger partial charge in [-0.2, -0.15) is 13.2 Å².